The van der Waals surface area contributed by atoms with E-state index < -0.39 is 0 Å². The van der Waals surface area contributed by atoms with Crippen molar-refractivity contribution >= 4 is 34.2 Å². The molecular weight excluding hydrogens is 368 g/mol. The summed E-state index contributed by atoms with van der Waals surface area (Å²) >= 11 is 3.43. The first-order chi connectivity index (χ1) is 10.1. The van der Waals surface area contributed by atoms with Crippen LogP contribution in [-0.2, 0) is 16.0 Å². The summed E-state index contributed by atoms with van der Waals surface area (Å²) in [4.78, 5) is 12.1. The van der Waals surface area contributed by atoms with Crippen molar-refractivity contribution in [1.82, 2.24) is 5.32 Å². The van der Waals surface area contributed by atoms with Gasteiger partial charge in [-0.05, 0) is 50.3 Å². The third kappa shape index (κ3) is 5.88. The maximum absolute atomic E-state index is 12.1. The predicted octanol–water partition coefficient (Wildman–Crippen LogP) is 2.81. The first-order valence-electron chi connectivity index (χ1n) is 7.49. The number of aryl methyl sites for hydroxylation is 1. The number of hydrogen-bond donors (Lipinski definition) is 2. The molecule has 0 spiro atoms. The molecule has 1 fully saturated rings. The molecule has 1 amide bonds. The molecule has 1 heterocycles. The summed E-state index contributed by atoms with van der Waals surface area (Å²) in [6, 6.07) is 8.42. The topological polar surface area (TPSA) is 64.4 Å². The van der Waals surface area contributed by atoms with Gasteiger partial charge in [-0.1, -0.05) is 28.1 Å². The van der Waals surface area contributed by atoms with Crippen molar-refractivity contribution in [2.75, 3.05) is 6.54 Å². The maximum Gasteiger partial charge on any atom is 0.249 e. The number of ether oxygens (including phenoxy) is 1. The lowest BCUT2D eigenvalue weighted by molar-refractivity contribution is -0.132. The molecule has 1 aromatic carbocycles. The molecule has 2 rings (SSSR count). The van der Waals surface area contributed by atoms with E-state index in [1.165, 1.54) is 5.56 Å². The minimum Gasteiger partial charge on any atom is -0.364 e. The summed E-state index contributed by atoms with van der Waals surface area (Å²) in [5, 5.41) is 3.03. The van der Waals surface area contributed by atoms with Gasteiger partial charge in [-0.25, -0.2) is 0 Å². The second-order valence-corrected chi connectivity index (χ2v) is 6.55. The molecule has 22 heavy (non-hydrogen) atoms. The number of nitrogens with one attached hydrogen (secondary N) is 1. The van der Waals surface area contributed by atoms with Gasteiger partial charge in [0.2, 0.25) is 5.91 Å². The molecule has 0 aromatic heterocycles. The molecule has 3 atom stereocenters. The van der Waals surface area contributed by atoms with E-state index in [1.807, 2.05) is 19.1 Å². The summed E-state index contributed by atoms with van der Waals surface area (Å²) in [6.07, 6.45) is 3.23. The van der Waals surface area contributed by atoms with E-state index in [1.54, 1.807) is 0 Å². The lowest BCUT2D eigenvalue weighted by atomic mass is 10.1. The maximum atomic E-state index is 12.1. The quantitative estimate of drug-likeness (QED) is 0.784. The van der Waals surface area contributed by atoms with Gasteiger partial charge in [-0.15, -0.1) is 12.4 Å². The first-order valence-corrected chi connectivity index (χ1v) is 8.28. The van der Waals surface area contributed by atoms with Crippen molar-refractivity contribution in [1.29, 1.82) is 0 Å². The fraction of sp³-hybridized carbons (Fsp3) is 0.562. The van der Waals surface area contributed by atoms with E-state index in [2.05, 4.69) is 33.4 Å². The number of rotatable bonds is 6. The molecule has 1 aromatic rings. The lowest BCUT2D eigenvalue weighted by Crippen LogP contribution is -2.40. The van der Waals surface area contributed by atoms with Crippen LogP contribution in [-0.4, -0.2) is 30.7 Å². The summed E-state index contributed by atoms with van der Waals surface area (Å²) in [6.45, 7) is 2.52. The number of carbonyl (C=O) groups is 1. The van der Waals surface area contributed by atoms with E-state index in [-0.39, 0.29) is 36.6 Å². The normalized spacial score (nSPS) is 22.0. The highest BCUT2D eigenvalue weighted by molar-refractivity contribution is 9.10. The van der Waals surface area contributed by atoms with Crippen molar-refractivity contribution in [2.24, 2.45) is 5.73 Å². The van der Waals surface area contributed by atoms with Crippen LogP contribution in [0.3, 0.4) is 0 Å². The van der Waals surface area contributed by atoms with Crippen molar-refractivity contribution in [2.45, 2.75) is 50.9 Å². The Labute approximate surface area is 146 Å². The number of benzene rings is 1. The Kier molecular flexibility index (Phi) is 8.39. The summed E-state index contributed by atoms with van der Waals surface area (Å²) in [5.41, 5.74) is 6.84. The predicted molar refractivity (Wildman–Crippen MR) is 94.3 cm³/mol. The minimum absolute atomic E-state index is 0. The van der Waals surface area contributed by atoms with Gasteiger partial charge in [-0.2, -0.15) is 0 Å². The molecule has 1 unspecified atom stereocenters. The number of nitrogens with two attached hydrogens (primary N) is 1. The molecule has 124 valence electrons. The van der Waals surface area contributed by atoms with Crippen LogP contribution in [0, 0.1) is 0 Å². The van der Waals surface area contributed by atoms with Crippen molar-refractivity contribution < 1.29 is 9.53 Å². The van der Waals surface area contributed by atoms with Crippen LogP contribution >= 0.6 is 28.3 Å². The zero-order valence-electron chi connectivity index (χ0n) is 12.8. The second-order valence-electron chi connectivity index (χ2n) is 5.63. The average Bonchev–Trinajstić information content (AvgIpc) is 2.96. The van der Waals surface area contributed by atoms with Gasteiger partial charge < -0.3 is 15.8 Å². The summed E-state index contributed by atoms with van der Waals surface area (Å²) < 4.78 is 6.69. The molecule has 6 heteroatoms. The number of carbonyl (C=O) groups excluding carboxylic acids is 1. The Morgan fingerprint density at radius 2 is 2.09 bits per heavy atom. The monoisotopic (exact) mass is 390 g/mol. The Morgan fingerprint density at radius 3 is 2.68 bits per heavy atom. The van der Waals surface area contributed by atoms with Crippen LogP contribution in [0.25, 0.3) is 0 Å². The van der Waals surface area contributed by atoms with Crippen LogP contribution in [0.2, 0.25) is 0 Å². The molecule has 3 N–H and O–H groups in total. The van der Waals surface area contributed by atoms with Gasteiger partial charge in [0.05, 0.1) is 6.10 Å². The third-order valence-electron chi connectivity index (χ3n) is 3.83. The SMILES string of the molecule is CC(CCc1ccc(Br)cc1)NC(=O)[C@@H]1CC[C@H](CN)O1.Cl. The van der Waals surface area contributed by atoms with E-state index >= 15 is 0 Å². The van der Waals surface area contributed by atoms with Crippen LogP contribution in [0.5, 0.6) is 0 Å². The van der Waals surface area contributed by atoms with Crippen LogP contribution in [0.1, 0.15) is 31.7 Å². The van der Waals surface area contributed by atoms with E-state index in [0.29, 0.717) is 6.54 Å². The highest BCUT2D eigenvalue weighted by Crippen LogP contribution is 2.19. The second kappa shape index (κ2) is 9.50. The smallest absolute Gasteiger partial charge is 0.249 e. The molecule has 0 aliphatic carbocycles. The van der Waals surface area contributed by atoms with Crippen molar-refractivity contribution in [3.05, 3.63) is 34.3 Å². The molecular formula is C16H24BrClN2O2. The zero-order valence-corrected chi connectivity index (χ0v) is 15.2. The minimum atomic E-state index is -0.325. The fourth-order valence-corrected chi connectivity index (χ4v) is 2.78. The van der Waals surface area contributed by atoms with Gasteiger partial charge in [0.15, 0.2) is 0 Å². The standard InChI is InChI=1S/C16H23BrN2O2.ClH/c1-11(2-3-12-4-6-13(17)7-5-12)19-16(20)15-9-8-14(10-18)21-15;/h4-7,11,14-15H,2-3,8-10,18H2,1H3,(H,19,20);1H/t11?,14-,15+;/m1./s1. The Balaban J connectivity index is 0.00000242. The molecule has 0 bridgehead atoms. The Hall–Kier alpha value is -0.620. The van der Waals surface area contributed by atoms with Crippen LogP contribution < -0.4 is 11.1 Å². The number of halogens is 2. The van der Waals surface area contributed by atoms with Gasteiger partial charge >= 0.3 is 0 Å². The summed E-state index contributed by atoms with van der Waals surface area (Å²) in [5.74, 6) is -0.00532. The number of amides is 1. The Bertz CT molecular complexity index is 470. The van der Waals surface area contributed by atoms with E-state index in [0.717, 1.165) is 30.2 Å². The molecule has 1 aliphatic heterocycles. The molecule has 1 aliphatic rings. The van der Waals surface area contributed by atoms with Gasteiger partial charge in [-0.3, -0.25) is 4.79 Å². The molecule has 1 saturated heterocycles. The average molecular weight is 392 g/mol. The molecule has 0 radical (unpaired) electrons. The van der Waals surface area contributed by atoms with Crippen molar-refractivity contribution in [3.63, 3.8) is 0 Å². The van der Waals surface area contributed by atoms with Gasteiger partial charge in [0.1, 0.15) is 6.10 Å². The van der Waals surface area contributed by atoms with E-state index in [9.17, 15) is 4.79 Å². The summed E-state index contributed by atoms with van der Waals surface area (Å²) in [7, 11) is 0. The van der Waals surface area contributed by atoms with Crippen LogP contribution in [0.15, 0.2) is 28.7 Å². The first kappa shape index (κ1) is 19.4. The van der Waals surface area contributed by atoms with Crippen LogP contribution in [0.4, 0.5) is 0 Å². The van der Waals surface area contributed by atoms with Crippen molar-refractivity contribution in [3.8, 4) is 0 Å². The molecule has 4 nitrogen and oxygen atoms in total. The van der Waals surface area contributed by atoms with Gasteiger partial charge in [0.25, 0.3) is 0 Å². The van der Waals surface area contributed by atoms with E-state index in [4.69, 9.17) is 10.5 Å². The molecule has 0 saturated carbocycles. The third-order valence-corrected chi connectivity index (χ3v) is 4.36. The fourth-order valence-electron chi connectivity index (χ4n) is 2.51. The van der Waals surface area contributed by atoms with Gasteiger partial charge in [0, 0.05) is 17.1 Å². The largest absolute Gasteiger partial charge is 0.364 e. The highest BCUT2D eigenvalue weighted by Gasteiger charge is 2.30. The zero-order chi connectivity index (χ0) is 15.2. The number of hydrogen-bond acceptors (Lipinski definition) is 3. The Morgan fingerprint density at radius 1 is 1.41 bits per heavy atom. The highest BCUT2D eigenvalue weighted by atomic mass is 79.9. The lowest BCUT2D eigenvalue weighted by Gasteiger charge is -2.17.